The molecule has 0 aliphatic carbocycles. The van der Waals surface area contributed by atoms with Gasteiger partial charge in [-0.25, -0.2) is 4.79 Å². The molecule has 15 heavy (non-hydrogen) atoms. The number of carboxylic acid groups (broad SMARTS) is 1. The molecule has 1 aromatic heterocycles. The second-order valence-corrected chi connectivity index (χ2v) is 4.06. The monoisotopic (exact) mass is 273 g/mol. The number of aromatic nitrogens is 1. The summed E-state index contributed by atoms with van der Waals surface area (Å²) in [5.41, 5.74) is 0.697. The minimum absolute atomic E-state index is 0.141. The Labute approximate surface area is 95.7 Å². The van der Waals surface area contributed by atoms with E-state index in [-0.39, 0.29) is 5.56 Å². The molecule has 0 saturated heterocycles. The molecule has 4 nitrogen and oxygen atoms in total. The van der Waals surface area contributed by atoms with E-state index in [0.717, 1.165) is 5.69 Å². The van der Waals surface area contributed by atoms with Crippen LogP contribution in [0.15, 0.2) is 9.27 Å². The molecular formula is C10H12BrNO3. The van der Waals surface area contributed by atoms with E-state index in [2.05, 4.69) is 15.9 Å². The van der Waals surface area contributed by atoms with Crippen molar-refractivity contribution in [3.8, 4) is 0 Å². The molecule has 0 unspecified atom stereocenters. The van der Waals surface area contributed by atoms with E-state index in [1.807, 2.05) is 6.92 Å². The fraction of sp³-hybridized carbons (Fsp3) is 0.400. The number of carboxylic acids is 1. The summed E-state index contributed by atoms with van der Waals surface area (Å²) in [4.78, 5) is 22.7. The van der Waals surface area contributed by atoms with Crippen LogP contribution in [0.2, 0.25) is 0 Å². The van der Waals surface area contributed by atoms with Crippen molar-refractivity contribution in [3.05, 3.63) is 31.6 Å². The zero-order valence-corrected chi connectivity index (χ0v) is 10.4. The molecule has 0 saturated carbocycles. The highest BCUT2D eigenvalue weighted by atomic mass is 79.9. The Hall–Kier alpha value is -1.10. The number of hydrogen-bond donors (Lipinski definition) is 1. The van der Waals surface area contributed by atoms with Crippen LogP contribution in [-0.4, -0.2) is 15.6 Å². The molecule has 1 N–H and O–H groups in total. The lowest BCUT2D eigenvalue weighted by Gasteiger charge is -2.14. The van der Waals surface area contributed by atoms with Crippen LogP contribution in [-0.2, 0) is 13.5 Å². The van der Waals surface area contributed by atoms with Crippen molar-refractivity contribution >= 4 is 21.9 Å². The summed E-state index contributed by atoms with van der Waals surface area (Å²) in [6.45, 7) is 3.60. The molecule has 0 atom stereocenters. The molecule has 82 valence electrons. The lowest BCUT2D eigenvalue weighted by molar-refractivity contribution is 0.0693. The Morgan fingerprint density at radius 2 is 2.07 bits per heavy atom. The lowest BCUT2D eigenvalue weighted by Crippen LogP contribution is -2.24. The van der Waals surface area contributed by atoms with Gasteiger partial charge < -0.3 is 9.67 Å². The van der Waals surface area contributed by atoms with Crippen molar-refractivity contribution in [1.29, 1.82) is 0 Å². The summed E-state index contributed by atoms with van der Waals surface area (Å²) in [6, 6.07) is 0. The molecule has 1 rings (SSSR count). The van der Waals surface area contributed by atoms with Crippen molar-refractivity contribution in [1.82, 2.24) is 4.57 Å². The van der Waals surface area contributed by atoms with E-state index >= 15 is 0 Å². The van der Waals surface area contributed by atoms with E-state index in [1.165, 1.54) is 0 Å². The number of rotatable bonds is 2. The van der Waals surface area contributed by atoms with Gasteiger partial charge in [0.15, 0.2) is 0 Å². The number of hydrogen-bond acceptors (Lipinski definition) is 2. The zero-order chi connectivity index (χ0) is 11.7. The summed E-state index contributed by atoms with van der Waals surface area (Å²) in [6.07, 6.45) is 0.515. The molecule has 5 heteroatoms. The predicted octanol–water partition coefficient (Wildman–Crippen LogP) is 1.72. The first-order chi connectivity index (χ1) is 6.91. The first-order valence-corrected chi connectivity index (χ1v) is 5.32. The fourth-order valence-corrected chi connectivity index (χ4v) is 2.02. The van der Waals surface area contributed by atoms with E-state index < -0.39 is 11.4 Å². The predicted molar refractivity (Wildman–Crippen MR) is 60.5 cm³/mol. The third kappa shape index (κ3) is 1.84. The second-order valence-electron chi connectivity index (χ2n) is 3.27. The summed E-state index contributed by atoms with van der Waals surface area (Å²) in [5, 5.41) is 8.98. The van der Waals surface area contributed by atoms with Crippen LogP contribution in [0.1, 0.15) is 28.7 Å². The van der Waals surface area contributed by atoms with Gasteiger partial charge in [0, 0.05) is 18.4 Å². The van der Waals surface area contributed by atoms with Crippen LogP contribution in [0.25, 0.3) is 0 Å². The quantitative estimate of drug-likeness (QED) is 0.893. The molecule has 0 aromatic carbocycles. The van der Waals surface area contributed by atoms with E-state index in [4.69, 9.17) is 5.11 Å². The van der Waals surface area contributed by atoms with Gasteiger partial charge in [0.25, 0.3) is 0 Å². The molecule has 0 fully saturated rings. The maximum Gasteiger partial charge on any atom is 0.341 e. The third-order valence-corrected chi connectivity index (χ3v) is 3.42. The molecule has 0 aliphatic rings. The number of pyridine rings is 1. The van der Waals surface area contributed by atoms with Crippen LogP contribution in [0, 0.1) is 6.92 Å². The molecule has 0 aliphatic heterocycles. The van der Waals surface area contributed by atoms with Gasteiger partial charge in [-0.05, 0) is 29.3 Å². The van der Waals surface area contributed by atoms with E-state index in [1.54, 1.807) is 18.5 Å². The van der Waals surface area contributed by atoms with Crippen molar-refractivity contribution < 1.29 is 9.90 Å². The largest absolute Gasteiger partial charge is 0.477 e. The molecule has 0 bridgehead atoms. The smallest absolute Gasteiger partial charge is 0.341 e. The van der Waals surface area contributed by atoms with Crippen LogP contribution < -0.4 is 5.43 Å². The highest BCUT2D eigenvalue weighted by molar-refractivity contribution is 9.10. The van der Waals surface area contributed by atoms with Crippen LogP contribution in [0.5, 0.6) is 0 Å². The maximum absolute atomic E-state index is 11.7. The number of halogens is 1. The van der Waals surface area contributed by atoms with Gasteiger partial charge in [0.1, 0.15) is 5.56 Å². The Morgan fingerprint density at radius 1 is 1.53 bits per heavy atom. The highest BCUT2D eigenvalue weighted by Gasteiger charge is 2.20. The number of nitrogens with zero attached hydrogens (tertiary/aromatic N) is 1. The van der Waals surface area contributed by atoms with Crippen LogP contribution in [0.4, 0.5) is 0 Å². The topological polar surface area (TPSA) is 59.3 Å². The van der Waals surface area contributed by atoms with Gasteiger partial charge in [-0.1, -0.05) is 6.92 Å². The van der Waals surface area contributed by atoms with Gasteiger partial charge in [0.2, 0.25) is 5.43 Å². The Balaban J connectivity index is 3.78. The zero-order valence-electron chi connectivity index (χ0n) is 8.80. The minimum atomic E-state index is -1.17. The molecule has 0 amide bonds. The lowest BCUT2D eigenvalue weighted by atomic mass is 10.1. The number of carbonyl (C=O) groups is 1. The molecule has 1 aromatic rings. The summed E-state index contributed by atoms with van der Waals surface area (Å²) < 4.78 is 2.05. The minimum Gasteiger partial charge on any atom is -0.477 e. The third-order valence-electron chi connectivity index (χ3n) is 2.49. The Kier molecular flexibility index (Phi) is 3.34. The van der Waals surface area contributed by atoms with Crippen molar-refractivity contribution in [2.75, 3.05) is 0 Å². The van der Waals surface area contributed by atoms with Gasteiger partial charge in [0.05, 0.1) is 4.47 Å². The van der Waals surface area contributed by atoms with Gasteiger partial charge in [-0.15, -0.1) is 0 Å². The van der Waals surface area contributed by atoms with Gasteiger partial charge >= 0.3 is 5.97 Å². The van der Waals surface area contributed by atoms with Crippen molar-refractivity contribution in [2.45, 2.75) is 20.3 Å². The molecule has 0 spiro atoms. The number of aromatic carboxylic acids is 1. The van der Waals surface area contributed by atoms with Gasteiger partial charge in [-0.3, -0.25) is 4.79 Å². The van der Waals surface area contributed by atoms with E-state index in [9.17, 15) is 9.59 Å². The first-order valence-electron chi connectivity index (χ1n) is 4.53. The SMILES string of the molecule is CCc1c(C(=O)O)c(=O)c(Br)c(C)n1C. The first kappa shape index (κ1) is 12.0. The standard InChI is InChI=1S/C10H12BrNO3/c1-4-6-7(10(14)15)9(13)8(11)5(2)12(6)3/h4H2,1-3H3,(H,14,15). The highest BCUT2D eigenvalue weighted by Crippen LogP contribution is 2.16. The van der Waals surface area contributed by atoms with Crippen LogP contribution in [0.3, 0.4) is 0 Å². The molecule has 0 radical (unpaired) electrons. The maximum atomic E-state index is 11.7. The fourth-order valence-electron chi connectivity index (χ4n) is 1.56. The Morgan fingerprint density at radius 3 is 2.47 bits per heavy atom. The summed E-state index contributed by atoms with van der Waals surface area (Å²) in [7, 11) is 1.75. The summed E-state index contributed by atoms with van der Waals surface area (Å²) in [5.74, 6) is -1.17. The Bertz CT molecular complexity index is 477. The van der Waals surface area contributed by atoms with Crippen molar-refractivity contribution in [2.24, 2.45) is 7.05 Å². The van der Waals surface area contributed by atoms with Crippen LogP contribution >= 0.6 is 15.9 Å². The normalized spacial score (nSPS) is 10.4. The van der Waals surface area contributed by atoms with E-state index in [0.29, 0.717) is 16.6 Å². The summed E-state index contributed by atoms with van der Waals surface area (Å²) >= 11 is 3.12. The van der Waals surface area contributed by atoms with Crippen molar-refractivity contribution in [3.63, 3.8) is 0 Å². The second kappa shape index (κ2) is 4.18. The molecule has 1 heterocycles. The van der Waals surface area contributed by atoms with Gasteiger partial charge in [-0.2, -0.15) is 0 Å². The average molecular weight is 274 g/mol. The average Bonchev–Trinajstić information content (AvgIpc) is 2.19. The molecular weight excluding hydrogens is 262 g/mol.